The van der Waals surface area contributed by atoms with E-state index >= 15 is 0 Å². The highest BCUT2D eigenvalue weighted by atomic mass is 79.9. The van der Waals surface area contributed by atoms with E-state index in [9.17, 15) is 5.11 Å². The van der Waals surface area contributed by atoms with Crippen molar-refractivity contribution in [3.05, 3.63) is 28.2 Å². The smallest absolute Gasteiger partial charge is 0.0635 e. The standard InChI is InChI=1S/C15H23BrN2O/c1-3-17-11(2)14-9-12(16)6-7-15(14)18-8-4-5-13(18)10-19/h6-7,9,11,13,17,19H,3-5,8,10H2,1-2H3. The zero-order valence-electron chi connectivity index (χ0n) is 11.7. The average molecular weight is 327 g/mol. The predicted molar refractivity (Wildman–Crippen MR) is 83.7 cm³/mol. The molecule has 106 valence electrons. The lowest BCUT2D eigenvalue weighted by Gasteiger charge is -2.29. The van der Waals surface area contributed by atoms with Crippen LogP contribution in [0.4, 0.5) is 5.69 Å². The Morgan fingerprint density at radius 3 is 3.00 bits per heavy atom. The minimum absolute atomic E-state index is 0.241. The summed E-state index contributed by atoms with van der Waals surface area (Å²) in [7, 11) is 0. The summed E-state index contributed by atoms with van der Waals surface area (Å²) >= 11 is 3.56. The van der Waals surface area contributed by atoms with Crippen LogP contribution in [-0.2, 0) is 0 Å². The lowest BCUT2D eigenvalue weighted by molar-refractivity contribution is 0.266. The Morgan fingerprint density at radius 2 is 2.32 bits per heavy atom. The Hall–Kier alpha value is -0.580. The van der Waals surface area contributed by atoms with Crippen LogP contribution in [-0.4, -0.2) is 30.8 Å². The largest absolute Gasteiger partial charge is 0.394 e. The number of benzene rings is 1. The summed E-state index contributed by atoms with van der Waals surface area (Å²) in [5.74, 6) is 0. The van der Waals surface area contributed by atoms with Gasteiger partial charge in [-0.25, -0.2) is 0 Å². The molecule has 0 amide bonds. The van der Waals surface area contributed by atoms with Gasteiger partial charge < -0.3 is 15.3 Å². The van der Waals surface area contributed by atoms with Gasteiger partial charge in [-0.15, -0.1) is 0 Å². The molecule has 2 rings (SSSR count). The van der Waals surface area contributed by atoms with Crippen LogP contribution in [0.3, 0.4) is 0 Å². The first kappa shape index (κ1) is 14.8. The van der Waals surface area contributed by atoms with E-state index in [1.807, 2.05) is 0 Å². The fourth-order valence-corrected chi connectivity index (χ4v) is 3.27. The van der Waals surface area contributed by atoms with Gasteiger partial charge in [0.15, 0.2) is 0 Å². The monoisotopic (exact) mass is 326 g/mol. The maximum Gasteiger partial charge on any atom is 0.0635 e. The third kappa shape index (κ3) is 3.30. The Morgan fingerprint density at radius 1 is 1.53 bits per heavy atom. The molecule has 1 aliphatic heterocycles. The number of nitrogens with zero attached hydrogens (tertiary/aromatic N) is 1. The molecule has 0 radical (unpaired) electrons. The molecule has 1 aliphatic rings. The first-order chi connectivity index (χ1) is 9.17. The average Bonchev–Trinajstić information content (AvgIpc) is 2.87. The number of aliphatic hydroxyl groups is 1. The van der Waals surface area contributed by atoms with Crippen molar-refractivity contribution in [1.29, 1.82) is 0 Å². The molecule has 2 unspecified atom stereocenters. The van der Waals surface area contributed by atoms with Crippen LogP contribution in [0.1, 0.15) is 38.3 Å². The molecule has 2 atom stereocenters. The SMILES string of the molecule is CCNC(C)c1cc(Br)ccc1N1CCCC1CO. The summed E-state index contributed by atoms with van der Waals surface area (Å²) in [5.41, 5.74) is 2.56. The molecule has 4 heteroatoms. The predicted octanol–water partition coefficient (Wildman–Crippen LogP) is 3.08. The van der Waals surface area contributed by atoms with Crippen molar-refractivity contribution in [2.24, 2.45) is 0 Å². The Labute approximate surface area is 124 Å². The molecule has 19 heavy (non-hydrogen) atoms. The second kappa shape index (κ2) is 6.73. The van der Waals surface area contributed by atoms with Gasteiger partial charge in [0.1, 0.15) is 0 Å². The molecule has 1 heterocycles. The van der Waals surface area contributed by atoms with Gasteiger partial charge in [0, 0.05) is 22.7 Å². The molecule has 0 saturated carbocycles. The molecule has 2 N–H and O–H groups in total. The first-order valence-corrected chi connectivity index (χ1v) is 7.87. The summed E-state index contributed by atoms with van der Waals surface area (Å²) < 4.78 is 1.11. The molecule has 1 fully saturated rings. The minimum Gasteiger partial charge on any atom is -0.394 e. The summed E-state index contributed by atoms with van der Waals surface area (Å²) in [6.07, 6.45) is 2.25. The number of aliphatic hydroxyl groups excluding tert-OH is 1. The van der Waals surface area contributed by atoms with Crippen molar-refractivity contribution < 1.29 is 5.11 Å². The van der Waals surface area contributed by atoms with Crippen molar-refractivity contribution in [2.75, 3.05) is 24.6 Å². The van der Waals surface area contributed by atoms with Crippen molar-refractivity contribution in [2.45, 2.75) is 38.8 Å². The summed E-state index contributed by atoms with van der Waals surface area (Å²) in [4.78, 5) is 2.36. The van der Waals surface area contributed by atoms with Gasteiger partial charge in [-0.1, -0.05) is 22.9 Å². The van der Waals surface area contributed by atoms with Crippen LogP contribution in [0.5, 0.6) is 0 Å². The second-order valence-corrected chi connectivity index (χ2v) is 6.07. The van der Waals surface area contributed by atoms with Gasteiger partial charge in [0.25, 0.3) is 0 Å². The molecule has 0 bridgehead atoms. The fraction of sp³-hybridized carbons (Fsp3) is 0.600. The van der Waals surface area contributed by atoms with Crippen LogP contribution in [0, 0.1) is 0 Å². The molecule has 0 aromatic heterocycles. The normalized spacial score (nSPS) is 20.8. The highest BCUT2D eigenvalue weighted by molar-refractivity contribution is 9.10. The van der Waals surface area contributed by atoms with Crippen LogP contribution < -0.4 is 10.2 Å². The van der Waals surface area contributed by atoms with E-state index in [2.05, 4.69) is 58.2 Å². The van der Waals surface area contributed by atoms with E-state index in [4.69, 9.17) is 0 Å². The number of halogens is 1. The van der Waals surface area contributed by atoms with E-state index in [1.165, 1.54) is 11.3 Å². The van der Waals surface area contributed by atoms with E-state index in [-0.39, 0.29) is 12.6 Å². The van der Waals surface area contributed by atoms with Gasteiger partial charge >= 0.3 is 0 Å². The molecule has 0 spiro atoms. The number of hydrogen-bond acceptors (Lipinski definition) is 3. The number of anilines is 1. The third-order valence-electron chi connectivity index (χ3n) is 3.86. The zero-order chi connectivity index (χ0) is 13.8. The molecule has 3 nitrogen and oxygen atoms in total. The number of nitrogens with one attached hydrogen (secondary N) is 1. The molecule has 0 aliphatic carbocycles. The van der Waals surface area contributed by atoms with Gasteiger partial charge in [-0.3, -0.25) is 0 Å². The lowest BCUT2D eigenvalue weighted by Crippen LogP contribution is -2.33. The van der Waals surface area contributed by atoms with E-state index in [1.54, 1.807) is 0 Å². The molecular weight excluding hydrogens is 304 g/mol. The fourth-order valence-electron chi connectivity index (χ4n) is 2.89. The quantitative estimate of drug-likeness (QED) is 0.872. The Balaban J connectivity index is 2.33. The summed E-state index contributed by atoms with van der Waals surface area (Å²) in [5, 5.41) is 13.0. The van der Waals surface area contributed by atoms with Crippen molar-refractivity contribution >= 4 is 21.6 Å². The first-order valence-electron chi connectivity index (χ1n) is 7.07. The van der Waals surface area contributed by atoms with Crippen LogP contribution in [0.2, 0.25) is 0 Å². The van der Waals surface area contributed by atoms with Gasteiger partial charge in [-0.05, 0) is 50.1 Å². The maximum atomic E-state index is 9.52. The lowest BCUT2D eigenvalue weighted by atomic mass is 10.0. The summed E-state index contributed by atoms with van der Waals surface area (Å²) in [6, 6.07) is 7.03. The van der Waals surface area contributed by atoms with Gasteiger partial charge in [0.05, 0.1) is 12.6 Å². The van der Waals surface area contributed by atoms with E-state index < -0.39 is 0 Å². The second-order valence-electron chi connectivity index (χ2n) is 5.15. The Kier molecular flexibility index (Phi) is 5.25. The van der Waals surface area contributed by atoms with Crippen molar-refractivity contribution in [3.63, 3.8) is 0 Å². The van der Waals surface area contributed by atoms with Crippen molar-refractivity contribution in [3.8, 4) is 0 Å². The highest BCUT2D eigenvalue weighted by Crippen LogP contribution is 2.33. The molecule has 1 saturated heterocycles. The molecule has 1 aromatic rings. The highest BCUT2D eigenvalue weighted by Gasteiger charge is 2.26. The number of hydrogen-bond donors (Lipinski definition) is 2. The van der Waals surface area contributed by atoms with Crippen LogP contribution >= 0.6 is 15.9 Å². The zero-order valence-corrected chi connectivity index (χ0v) is 13.3. The summed E-state index contributed by atoms with van der Waals surface area (Å²) in [6.45, 7) is 6.56. The third-order valence-corrected chi connectivity index (χ3v) is 4.36. The van der Waals surface area contributed by atoms with Gasteiger partial charge in [-0.2, -0.15) is 0 Å². The van der Waals surface area contributed by atoms with Gasteiger partial charge in [0.2, 0.25) is 0 Å². The molecule has 1 aromatic carbocycles. The van der Waals surface area contributed by atoms with E-state index in [0.717, 1.165) is 30.4 Å². The molecular formula is C15H23BrN2O. The topological polar surface area (TPSA) is 35.5 Å². The minimum atomic E-state index is 0.241. The van der Waals surface area contributed by atoms with Crippen LogP contribution in [0.15, 0.2) is 22.7 Å². The number of rotatable bonds is 5. The maximum absolute atomic E-state index is 9.52. The Bertz CT molecular complexity index is 425. The van der Waals surface area contributed by atoms with Crippen LogP contribution in [0.25, 0.3) is 0 Å². The van der Waals surface area contributed by atoms with E-state index in [0.29, 0.717) is 6.04 Å². The van der Waals surface area contributed by atoms with Crippen molar-refractivity contribution in [1.82, 2.24) is 5.32 Å².